The molecule has 1 amide bonds. The van der Waals surface area contributed by atoms with Gasteiger partial charge in [-0.25, -0.2) is 9.37 Å². The Balaban J connectivity index is 0.00000541. The van der Waals surface area contributed by atoms with Crippen molar-refractivity contribution < 1.29 is 28.5 Å². The number of aromatic nitrogens is 4. The fourth-order valence-electron chi connectivity index (χ4n) is 6.70. The molecule has 0 saturated carbocycles. The van der Waals surface area contributed by atoms with E-state index in [1.807, 2.05) is 0 Å². The monoisotopic (exact) mass is 720 g/mol. The first-order valence-electron chi connectivity index (χ1n) is 17.5. The molecule has 14 heteroatoms. The average molecular weight is 721 g/mol. The number of unbranched alkanes of at least 4 members (excludes halogenated alkanes) is 1. The number of aryl methyl sites for hydroxylation is 1. The molecule has 0 bridgehead atoms. The van der Waals surface area contributed by atoms with Gasteiger partial charge in [0.05, 0.1) is 24.8 Å². The van der Waals surface area contributed by atoms with Gasteiger partial charge in [-0.1, -0.05) is 12.1 Å². The standard InChI is InChI=1S/C38H42F4N8O2.H2/c1-37(2,39)27-9-10-28(35-47-45-24-48(35)3)29(21-27)26-19-33(44-12-6-5-11-43)46-34(20-26)50-23-31-30(36(50)51)17-25(18-32(31)38(40,41)42)22-49-13-7-4-8-15-52-16-14-49;/h9-10,17-21,24H,4-8,12-16,22-23H2,1-3H3,(H,44,46);1H. The summed E-state index contributed by atoms with van der Waals surface area (Å²) in [5.41, 5.74) is -0.126. The molecule has 2 aromatic heterocycles. The molecule has 2 aliphatic heterocycles. The van der Waals surface area contributed by atoms with E-state index in [2.05, 4.69) is 31.5 Å². The van der Waals surface area contributed by atoms with Crippen LogP contribution in [0, 0.1) is 11.3 Å². The van der Waals surface area contributed by atoms with Gasteiger partial charge in [0.1, 0.15) is 23.6 Å². The van der Waals surface area contributed by atoms with E-state index in [9.17, 15) is 18.0 Å². The Morgan fingerprint density at radius 3 is 2.56 bits per heavy atom. The zero-order chi connectivity index (χ0) is 37.0. The molecule has 6 rings (SSSR count). The lowest BCUT2D eigenvalue weighted by atomic mass is 9.91. The number of hydrogen-bond donors (Lipinski definition) is 1. The molecule has 1 N–H and O–H groups in total. The number of halogens is 4. The molecule has 0 unspecified atom stereocenters. The Morgan fingerprint density at radius 2 is 1.83 bits per heavy atom. The van der Waals surface area contributed by atoms with Gasteiger partial charge in [0, 0.05) is 52.3 Å². The summed E-state index contributed by atoms with van der Waals surface area (Å²) in [7, 11) is 1.78. The second-order valence-corrected chi connectivity index (χ2v) is 13.8. The van der Waals surface area contributed by atoms with Crippen molar-refractivity contribution in [1.82, 2.24) is 24.6 Å². The maximum atomic E-state index is 15.3. The fourth-order valence-corrected chi connectivity index (χ4v) is 6.70. The maximum absolute atomic E-state index is 15.3. The van der Waals surface area contributed by atoms with Gasteiger partial charge >= 0.3 is 6.18 Å². The molecule has 0 aliphatic carbocycles. The summed E-state index contributed by atoms with van der Waals surface area (Å²) in [6, 6.07) is 13.3. The summed E-state index contributed by atoms with van der Waals surface area (Å²) in [4.78, 5) is 22.2. The van der Waals surface area contributed by atoms with Gasteiger partial charge in [0.25, 0.3) is 5.91 Å². The summed E-state index contributed by atoms with van der Waals surface area (Å²) >= 11 is 0. The summed E-state index contributed by atoms with van der Waals surface area (Å²) in [5.74, 6) is 0.383. The number of nitrogens with zero attached hydrogens (tertiary/aromatic N) is 7. The van der Waals surface area contributed by atoms with E-state index in [0.29, 0.717) is 78.6 Å². The maximum Gasteiger partial charge on any atom is 0.416 e. The lowest BCUT2D eigenvalue weighted by molar-refractivity contribution is -0.138. The van der Waals surface area contributed by atoms with Crippen LogP contribution in [0.1, 0.15) is 80.0 Å². The van der Waals surface area contributed by atoms with Crippen molar-refractivity contribution in [1.29, 1.82) is 5.26 Å². The van der Waals surface area contributed by atoms with Crippen LogP contribution < -0.4 is 10.2 Å². The van der Waals surface area contributed by atoms with E-state index >= 15 is 4.39 Å². The summed E-state index contributed by atoms with van der Waals surface area (Å²) < 4.78 is 66.8. The molecule has 0 spiro atoms. The van der Waals surface area contributed by atoms with Crippen LogP contribution in [0.4, 0.5) is 29.2 Å². The van der Waals surface area contributed by atoms with Crippen molar-refractivity contribution in [2.75, 3.05) is 43.1 Å². The van der Waals surface area contributed by atoms with Crippen molar-refractivity contribution in [2.45, 2.75) is 70.9 Å². The SMILES string of the molecule is Cn1cnnc1-c1ccc(C(C)(C)F)cc1-c1cc(NCCCC#N)nc(N2Cc3c(cc(CN4CCCCCOCC4)cc3C(F)(F)F)C2=O)c1.[HH]. The number of nitrogens with one attached hydrogen (secondary N) is 1. The first kappa shape index (κ1) is 36.9. The molecule has 2 aliphatic rings. The van der Waals surface area contributed by atoms with Crippen LogP contribution in [-0.2, 0) is 36.7 Å². The number of nitriles is 1. The van der Waals surface area contributed by atoms with Gasteiger partial charge in [-0.15, -0.1) is 10.2 Å². The van der Waals surface area contributed by atoms with Crippen molar-refractivity contribution in [3.05, 3.63) is 76.6 Å². The highest BCUT2D eigenvalue weighted by atomic mass is 19.4. The second-order valence-electron chi connectivity index (χ2n) is 13.8. The van der Waals surface area contributed by atoms with Gasteiger partial charge in [-0.3, -0.25) is 14.6 Å². The molecule has 1 saturated heterocycles. The van der Waals surface area contributed by atoms with Gasteiger partial charge < -0.3 is 14.6 Å². The van der Waals surface area contributed by atoms with E-state index < -0.39 is 23.3 Å². The number of hydrogen-bond acceptors (Lipinski definition) is 8. The number of carbonyl (C=O) groups excluding carboxylic acids is 1. The first-order valence-corrected chi connectivity index (χ1v) is 17.5. The van der Waals surface area contributed by atoms with E-state index in [4.69, 9.17) is 10.00 Å². The zero-order valence-corrected chi connectivity index (χ0v) is 29.6. The predicted molar refractivity (Wildman–Crippen MR) is 191 cm³/mol. The molecule has 4 aromatic rings. The molecule has 1 fully saturated rings. The van der Waals surface area contributed by atoms with E-state index in [0.717, 1.165) is 31.9 Å². The second kappa shape index (κ2) is 15.4. The Labute approximate surface area is 301 Å². The van der Waals surface area contributed by atoms with Gasteiger partial charge in [-0.2, -0.15) is 18.4 Å². The highest BCUT2D eigenvalue weighted by Crippen LogP contribution is 2.42. The summed E-state index contributed by atoms with van der Waals surface area (Å²) in [6.07, 6.45) is 0.495. The van der Waals surface area contributed by atoms with Crippen molar-refractivity contribution in [2.24, 2.45) is 7.05 Å². The fraction of sp³-hybridized carbons (Fsp3) is 0.447. The molecular formula is C38H44F4N8O2. The van der Waals surface area contributed by atoms with Gasteiger partial charge in [0.15, 0.2) is 5.82 Å². The quantitative estimate of drug-likeness (QED) is 0.130. The largest absolute Gasteiger partial charge is 0.416 e. The lowest BCUT2D eigenvalue weighted by Gasteiger charge is -2.22. The molecule has 0 atom stereocenters. The first-order chi connectivity index (χ1) is 24.8. The van der Waals surface area contributed by atoms with Crippen LogP contribution in [0.5, 0.6) is 0 Å². The third kappa shape index (κ3) is 8.26. The Hall–Kier alpha value is -4.87. The van der Waals surface area contributed by atoms with Crippen molar-refractivity contribution in [3.63, 3.8) is 0 Å². The normalized spacial score (nSPS) is 15.9. The number of anilines is 2. The van der Waals surface area contributed by atoms with Gasteiger partial charge in [-0.05, 0) is 104 Å². The molecule has 4 heterocycles. The lowest BCUT2D eigenvalue weighted by Crippen LogP contribution is -2.28. The number of pyridine rings is 1. The van der Waals surface area contributed by atoms with Crippen molar-refractivity contribution >= 4 is 17.5 Å². The molecule has 10 nitrogen and oxygen atoms in total. The van der Waals surface area contributed by atoms with Crippen LogP contribution in [0.25, 0.3) is 22.5 Å². The Bertz CT molecular complexity index is 1960. The number of benzene rings is 2. The zero-order valence-electron chi connectivity index (χ0n) is 29.6. The minimum Gasteiger partial charge on any atom is -0.380 e. The number of alkyl halides is 4. The van der Waals surface area contributed by atoms with E-state index in [1.165, 1.54) is 18.7 Å². The number of fused-ring (bicyclic) bond motifs is 1. The third-order valence-electron chi connectivity index (χ3n) is 9.46. The molecule has 52 heavy (non-hydrogen) atoms. The Kier molecular flexibility index (Phi) is 10.9. The topological polar surface area (TPSA) is 112 Å². The molecule has 276 valence electrons. The summed E-state index contributed by atoms with van der Waals surface area (Å²) in [5, 5.41) is 20.5. The predicted octanol–water partition coefficient (Wildman–Crippen LogP) is 7.89. The van der Waals surface area contributed by atoms with Crippen LogP contribution >= 0.6 is 0 Å². The van der Waals surface area contributed by atoms with Crippen LogP contribution in [0.15, 0.2) is 48.8 Å². The highest BCUT2D eigenvalue weighted by Gasteiger charge is 2.41. The van der Waals surface area contributed by atoms with Crippen LogP contribution in [-0.4, -0.2) is 63.4 Å². The third-order valence-corrected chi connectivity index (χ3v) is 9.46. The smallest absolute Gasteiger partial charge is 0.380 e. The molecule has 2 aromatic carbocycles. The highest BCUT2D eigenvalue weighted by molar-refractivity contribution is 6.10. The summed E-state index contributed by atoms with van der Waals surface area (Å²) in [6.45, 7) is 5.66. The number of rotatable bonds is 10. The molecular weight excluding hydrogens is 676 g/mol. The van der Waals surface area contributed by atoms with Crippen LogP contribution in [0.3, 0.4) is 0 Å². The number of amides is 1. The Morgan fingerprint density at radius 1 is 1.00 bits per heavy atom. The molecule has 0 radical (unpaired) electrons. The average Bonchev–Trinajstić information content (AvgIpc) is 3.71. The number of carbonyl (C=O) groups is 1. The minimum absolute atomic E-state index is 0. The van der Waals surface area contributed by atoms with Gasteiger partial charge in [0.2, 0.25) is 0 Å². The minimum atomic E-state index is -4.69. The van der Waals surface area contributed by atoms with Crippen molar-refractivity contribution in [3.8, 4) is 28.6 Å². The number of ether oxygens (including phenoxy) is 1. The van der Waals surface area contributed by atoms with E-state index in [1.54, 1.807) is 54.3 Å². The van der Waals surface area contributed by atoms with E-state index in [-0.39, 0.29) is 31.5 Å². The van der Waals surface area contributed by atoms with Crippen LogP contribution in [0.2, 0.25) is 0 Å².